The number of rotatable bonds is 9. The summed E-state index contributed by atoms with van der Waals surface area (Å²) in [5.74, 6) is -0.339. The highest BCUT2D eigenvalue weighted by molar-refractivity contribution is 5.98. The van der Waals surface area contributed by atoms with Gasteiger partial charge in [-0.25, -0.2) is 14.6 Å². The van der Waals surface area contributed by atoms with Crippen LogP contribution in [0.3, 0.4) is 0 Å². The van der Waals surface area contributed by atoms with Crippen LogP contribution >= 0.6 is 0 Å². The van der Waals surface area contributed by atoms with E-state index in [0.717, 1.165) is 11.1 Å². The van der Waals surface area contributed by atoms with Crippen LogP contribution in [0.2, 0.25) is 0 Å². The Morgan fingerprint density at radius 3 is 2.16 bits per heavy atom. The van der Waals surface area contributed by atoms with Crippen LogP contribution in [0.25, 0.3) is 11.3 Å². The monoisotopic (exact) mass is 667 g/mol. The number of carboxylic acid groups (broad SMARTS) is 1. The molecule has 6 rings (SSSR count). The molecule has 49 heavy (non-hydrogen) atoms. The summed E-state index contributed by atoms with van der Waals surface area (Å²) in [6.45, 7) is 0.975. The average molecular weight is 668 g/mol. The fourth-order valence-electron chi connectivity index (χ4n) is 6.84. The zero-order chi connectivity index (χ0) is 34.4. The second-order valence-corrected chi connectivity index (χ2v) is 12.6. The van der Waals surface area contributed by atoms with Crippen molar-refractivity contribution < 1.29 is 34.1 Å². The Bertz CT molecular complexity index is 1740. The van der Waals surface area contributed by atoms with Gasteiger partial charge in [0.2, 0.25) is 0 Å². The SMILES string of the molecule is COCC1(O)CCN(C(=O)OCc2ccccc2)CC1n1cnc(C(=O)N2CCN(C(=O)O)C[C@H]2Cc2ccccc2)c1-c1ccccc1. The first-order chi connectivity index (χ1) is 23.8. The number of benzene rings is 3. The number of aromatic nitrogens is 2. The number of ether oxygens (including phenoxy) is 2. The number of likely N-dealkylation sites (tertiary alicyclic amines) is 1. The number of hydrogen-bond donors (Lipinski definition) is 2. The van der Waals surface area contributed by atoms with E-state index in [-0.39, 0.29) is 64.0 Å². The molecule has 0 radical (unpaired) electrons. The van der Waals surface area contributed by atoms with Crippen LogP contribution in [0, 0.1) is 0 Å². The summed E-state index contributed by atoms with van der Waals surface area (Å²) in [5.41, 5.74) is 1.82. The molecule has 256 valence electrons. The molecule has 3 amide bonds. The minimum absolute atomic E-state index is 0.00342. The molecule has 2 saturated heterocycles. The standard InChI is InChI=1S/C37H41N5O7/c1-48-25-37(47)17-18-40(36(46)49-24-28-13-7-3-8-14-28)23-31(37)42-26-38-32(33(42)29-15-9-4-10-16-29)34(43)41-20-19-39(35(44)45)22-30(41)21-27-11-5-2-6-12-27/h2-16,26,30-31,47H,17-25H2,1H3,(H,44,45)/t30-,31?,37?/m1/s1. The Morgan fingerprint density at radius 1 is 0.857 bits per heavy atom. The van der Waals surface area contributed by atoms with Crippen molar-refractivity contribution in [1.29, 1.82) is 0 Å². The summed E-state index contributed by atoms with van der Waals surface area (Å²) in [4.78, 5) is 49.1. The second kappa shape index (κ2) is 14.9. The van der Waals surface area contributed by atoms with Crippen molar-refractivity contribution in [2.45, 2.75) is 37.1 Å². The average Bonchev–Trinajstić information content (AvgIpc) is 3.56. The van der Waals surface area contributed by atoms with E-state index in [0.29, 0.717) is 17.7 Å². The number of methoxy groups -OCH3 is 1. The normalized spacial score (nSPS) is 21.0. The van der Waals surface area contributed by atoms with E-state index >= 15 is 0 Å². The van der Waals surface area contributed by atoms with Gasteiger partial charge in [-0.2, -0.15) is 0 Å². The predicted molar refractivity (Wildman–Crippen MR) is 181 cm³/mol. The fraction of sp³-hybridized carbons (Fsp3) is 0.351. The molecule has 12 nitrogen and oxygen atoms in total. The molecule has 2 aliphatic heterocycles. The minimum Gasteiger partial charge on any atom is -0.465 e. The highest BCUT2D eigenvalue weighted by Crippen LogP contribution is 2.38. The summed E-state index contributed by atoms with van der Waals surface area (Å²) in [6.07, 6.45) is 0.678. The number of aliphatic hydroxyl groups is 1. The maximum atomic E-state index is 14.6. The number of nitrogens with zero attached hydrogens (tertiary/aromatic N) is 5. The van der Waals surface area contributed by atoms with Gasteiger partial charge in [-0.15, -0.1) is 0 Å². The molecule has 0 spiro atoms. The minimum atomic E-state index is -1.39. The molecule has 2 unspecified atom stereocenters. The number of piperazine rings is 1. The molecule has 0 bridgehead atoms. The lowest BCUT2D eigenvalue weighted by Gasteiger charge is -2.44. The van der Waals surface area contributed by atoms with Crippen molar-refractivity contribution in [2.24, 2.45) is 0 Å². The van der Waals surface area contributed by atoms with Gasteiger partial charge in [-0.1, -0.05) is 91.0 Å². The van der Waals surface area contributed by atoms with Crippen molar-refractivity contribution in [3.8, 4) is 11.3 Å². The largest absolute Gasteiger partial charge is 0.465 e. The molecule has 2 fully saturated rings. The van der Waals surface area contributed by atoms with Crippen molar-refractivity contribution in [3.63, 3.8) is 0 Å². The Balaban J connectivity index is 1.34. The van der Waals surface area contributed by atoms with Crippen LogP contribution in [0.15, 0.2) is 97.3 Å². The van der Waals surface area contributed by atoms with Gasteiger partial charge in [-0.3, -0.25) is 4.79 Å². The summed E-state index contributed by atoms with van der Waals surface area (Å²) in [6, 6.07) is 27.3. The third kappa shape index (κ3) is 7.45. The quantitative estimate of drug-likeness (QED) is 0.265. The fourth-order valence-corrected chi connectivity index (χ4v) is 6.84. The van der Waals surface area contributed by atoms with Crippen molar-refractivity contribution >= 4 is 18.1 Å². The van der Waals surface area contributed by atoms with E-state index in [4.69, 9.17) is 9.47 Å². The Hall–Kier alpha value is -5.20. The lowest BCUT2D eigenvalue weighted by Crippen LogP contribution is -2.57. The maximum Gasteiger partial charge on any atom is 0.410 e. The summed E-state index contributed by atoms with van der Waals surface area (Å²) < 4.78 is 12.9. The topological polar surface area (TPSA) is 138 Å². The summed E-state index contributed by atoms with van der Waals surface area (Å²) in [5, 5.41) is 21.8. The molecule has 3 atom stereocenters. The molecule has 12 heteroatoms. The third-order valence-corrected chi connectivity index (χ3v) is 9.39. The van der Waals surface area contributed by atoms with Crippen LogP contribution in [0.4, 0.5) is 9.59 Å². The number of imidazole rings is 1. The van der Waals surface area contributed by atoms with Crippen LogP contribution < -0.4 is 0 Å². The van der Waals surface area contributed by atoms with E-state index in [1.54, 1.807) is 20.7 Å². The molecule has 2 N–H and O–H groups in total. The second-order valence-electron chi connectivity index (χ2n) is 12.6. The molecule has 3 aromatic carbocycles. The molecule has 2 aliphatic rings. The Morgan fingerprint density at radius 2 is 1.51 bits per heavy atom. The lowest BCUT2D eigenvalue weighted by molar-refractivity contribution is -0.102. The smallest absolute Gasteiger partial charge is 0.410 e. The maximum absolute atomic E-state index is 14.6. The highest BCUT2D eigenvalue weighted by atomic mass is 16.6. The highest BCUT2D eigenvalue weighted by Gasteiger charge is 2.46. The van der Waals surface area contributed by atoms with Gasteiger partial charge in [0.25, 0.3) is 5.91 Å². The van der Waals surface area contributed by atoms with Gasteiger partial charge >= 0.3 is 12.2 Å². The van der Waals surface area contributed by atoms with Crippen LogP contribution in [0.5, 0.6) is 0 Å². The molecular formula is C37H41N5O7. The first kappa shape index (κ1) is 33.7. The molecule has 4 aromatic rings. The zero-order valence-corrected chi connectivity index (χ0v) is 27.4. The van der Waals surface area contributed by atoms with Gasteiger partial charge < -0.3 is 39.0 Å². The summed E-state index contributed by atoms with van der Waals surface area (Å²) in [7, 11) is 1.51. The van der Waals surface area contributed by atoms with Crippen molar-refractivity contribution in [2.75, 3.05) is 46.4 Å². The molecule has 3 heterocycles. The van der Waals surface area contributed by atoms with Gasteiger partial charge in [0.05, 0.1) is 30.7 Å². The van der Waals surface area contributed by atoms with Gasteiger partial charge in [0.1, 0.15) is 12.2 Å². The van der Waals surface area contributed by atoms with Crippen molar-refractivity contribution in [3.05, 3.63) is 114 Å². The van der Waals surface area contributed by atoms with Crippen molar-refractivity contribution in [1.82, 2.24) is 24.3 Å². The van der Waals surface area contributed by atoms with Crippen LogP contribution in [0.1, 0.15) is 34.1 Å². The number of amides is 3. The Kier molecular flexibility index (Phi) is 10.3. The van der Waals surface area contributed by atoms with Crippen LogP contribution in [-0.2, 0) is 22.5 Å². The summed E-state index contributed by atoms with van der Waals surface area (Å²) >= 11 is 0. The third-order valence-electron chi connectivity index (χ3n) is 9.39. The number of hydrogen-bond acceptors (Lipinski definition) is 7. The molecule has 0 aliphatic carbocycles. The predicted octanol–water partition coefficient (Wildman–Crippen LogP) is 4.56. The first-order valence-corrected chi connectivity index (χ1v) is 16.4. The van der Waals surface area contributed by atoms with E-state index in [9.17, 15) is 24.6 Å². The molecular weight excluding hydrogens is 626 g/mol. The molecule has 1 aromatic heterocycles. The van der Waals surface area contributed by atoms with Gasteiger partial charge in [0, 0.05) is 45.4 Å². The van der Waals surface area contributed by atoms with Crippen LogP contribution in [-0.4, -0.2) is 111 Å². The first-order valence-electron chi connectivity index (χ1n) is 16.4. The Labute approximate surface area is 285 Å². The number of carbonyl (C=O) groups excluding carboxylic acids is 2. The van der Waals surface area contributed by atoms with E-state index in [1.807, 2.05) is 91.0 Å². The number of piperidine rings is 1. The number of carbonyl (C=O) groups is 3. The van der Waals surface area contributed by atoms with Gasteiger partial charge in [0.15, 0.2) is 5.69 Å². The van der Waals surface area contributed by atoms with E-state index in [2.05, 4.69) is 4.98 Å². The van der Waals surface area contributed by atoms with Gasteiger partial charge in [-0.05, 0) is 24.0 Å². The van der Waals surface area contributed by atoms with E-state index < -0.39 is 29.9 Å². The van der Waals surface area contributed by atoms with E-state index in [1.165, 1.54) is 12.0 Å². The lowest BCUT2D eigenvalue weighted by atomic mass is 9.86. The molecule has 0 saturated carbocycles. The zero-order valence-electron chi connectivity index (χ0n) is 27.4.